The summed E-state index contributed by atoms with van der Waals surface area (Å²) in [5.74, 6) is 0. The van der Waals surface area contributed by atoms with Crippen molar-refractivity contribution in [3.63, 3.8) is 0 Å². The van der Waals surface area contributed by atoms with E-state index in [0.29, 0.717) is 0 Å². The maximum atomic E-state index is 4.65. The van der Waals surface area contributed by atoms with Crippen molar-refractivity contribution in [2.24, 2.45) is 0 Å². The van der Waals surface area contributed by atoms with E-state index in [2.05, 4.69) is 85.0 Å². The van der Waals surface area contributed by atoms with Gasteiger partial charge in [-0.15, -0.1) is 0 Å². The van der Waals surface area contributed by atoms with Crippen LogP contribution in [0.3, 0.4) is 0 Å². The van der Waals surface area contributed by atoms with Gasteiger partial charge < -0.3 is 0 Å². The first-order valence-corrected chi connectivity index (χ1v) is 9.19. The molecule has 0 aliphatic rings. The Morgan fingerprint density at radius 1 is 0.560 bits per heavy atom. The van der Waals surface area contributed by atoms with Gasteiger partial charge in [0.05, 0.1) is 11.7 Å². The van der Waals surface area contributed by atoms with Crippen molar-refractivity contribution < 1.29 is 0 Å². The van der Waals surface area contributed by atoms with Crippen molar-refractivity contribution in [3.05, 3.63) is 70.8 Å². The largest absolute Gasteiger partial charge is 0.172 e. The van der Waals surface area contributed by atoms with E-state index >= 15 is 0 Å². The fraction of sp³-hybridized carbons (Fsp3) is 0.182. The van der Waals surface area contributed by atoms with Crippen LogP contribution in [-0.2, 0) is 0 Å². The molecular weight excluding hydrogens is 324 g/mol. The molecule has 1 heterocycles. The van der Waals surface area contributed by atoms with Gasteiger partial charge >= 0.3 is 0 Å². The Labute approximate surface area is 152 Å². The summed E-state index contributed by atoms with van der Waals surface area (Å²) in [5.41, 5.74) is 11.9. The lowest BCUT2D eigenvalue weighted by molar-refractivity contribution is 1.34. The molecule has 0 radical (unpaired) electrons. The molecule has 4 aromatic rings. The minimum absolute atomic E-state index is 1.01. The summed E-state index contributed by atoms with van der Waals surface area (Å²) in [4.78, 5) is 0. The summed E-state index contributed by atoms with van der Waals surface area (Å²) in [6.45, 7) is 8.62. The molecule has 0 atom stereocenters. The van der Waals surface area contributed by atoms with Crippen molar-refractivity contribution in [1.82, 2.24) is 8.75 Å². The van der Waals surface area contributed by atoms with E-state index in [-0.39, 0.29) is 0 Å². The standard InChI is InChI=1S/C22H20N2S/c1-13-5-9-17(10-6-13)19-15(3)16(4)20(22-21(19)23-25-24-22)18-11-7-14(2)8-12-18/h5-12H,1-4H3. The number of fused-ring (bicyclic) bond motifs is 1. The minimum Gasteiger partial charge on any atom is -0.172 e. The SMILES string of the molecule is Cc1ccc(-c2c(C)c(C)c(-c3ccc(C)cc3)c3nsnc23)cc1. The second-order valence-corrected chi connectivity index (χ2v) is 7.22. The summed E-state index contributed by atoms with van der Waals surface area (Å²) in [6, 6.07) is 17.4. The molecular formula is C22H20N2S. The Morgan fingerprint density at radius 2 is 0.920 bits per heavy atom. The summed E-state index contributed by atoms with van der Waals surface area (Å²) in [6.07, 6.45) is 0. The van der Waals surface area contributed by atoms with E-state index in [4.69, 9.17) is 0 Å². The topological polar surface area (TPSA) is 25.8 Å². The van der Waals surface area contributed by atoms with Crippen LogP contribution in [0.25, 0.3) is 33.3 Å². The van der Waals surface area contributed by atoms with E-state index in [9.17, 15) is 0 Å². The van der Waals surface area contributed by atoms with Crippen molar-refractivity contribution in [3.8, 4) is 22.3 Å². The third-order valence-corrected chi connectivity index (χ3v) is 5.48. The van der Waals surface area contributed by atoms with Crippen molar-refractivity contribution in [2.75, 3.05) is 0 Å². The molecule has 2 nitrogen and oxygen atoms in total. The highest BCUT2D eigenvalue weighted by atomic mass is 32.1. The number of aromatic nitrogens is 2. The van der Waals surface area contributed by atoms with Crippen LogP contribution in [-0.4, -0.2) is 8.75 Å². The summed E-state index contributed by atoms with van der Waals surface area (Å²) in [7, 11) is 0. The van der Waals surface area contributed by atoms with Crippen LogP contribution in [0.2, 0.25) is 0 Å². The van der Waals surface area contributed by atoms with Gasteiger partial charge in [0.1, 0.15) is 11.0 Å². The molecule has 0 aliphatic heterocycles. The first-order valence-electron chi connectivity index (χ1n) is 8.46. The first-order chi connectivity index (χ1) is 12.1. The lowest BCUT2D eigenvalue weighted by atomic mass is 9.88. The molecule has 3 aromatic carbocycles. The molecule has 0 bridgehead atoms. The molecule has 124 valence electrons. The van der Waals surface area contributed by atoms with Crippen LogP contribution in [0, 0.1) is 27.7 Å². The normalized spacial score (nSPS) is 11.2. The van der Waals surface area contributed by atoms with Gasteiger partial charge in [-0.05, 0) is 49.9 Å². The summed E-state index contributed by atoms with van der Waals surface area (Å²) < 4.78 is 9.31. The number of hydrogen-bond acceptors (Lipinski definition) is 3. The van der Waals surface area contributed by atoms with Crippen molar-refractivity contribution in [1.29, 1.82) is 0 Å². The molecule has 25 heavy (non-hydrogen) atoms. The minimum atomic E-state index is 1.01. The molecule has 0 amide bonds. The molecule has 4 rings (SSSR count). The Morgan fingerprint density at radius 3 is 1.28 bits per heavy atom. The lowest BCUT2D eigenvalue weighted by Crippen LogP contribution is -1.95. The van der Waals surface area contributed by atoms with Crippen LogP contribution >= 0.6 is 11.7 Å². The predicted molar refractivity (Wildman–Crippen MR) is 107 cm³/mol. The highest BCUT2D eigenvalue weighted by molar-refractivity contribution is 7.00. The Hall–Kier alpha value is -2.52. The van der Waals surface area contributed by atoms with Crippen LogP contribution in [0.1, 0.15) is 22.3 Å². The van der Waals surface area contributed by atoms with Crippen molar-refractivity contribution in [2.45, 2.75) is 27.7 Å². The third kappa shape index (κ3) is 2.65. The summed E-state index contributed by atoms with van der Waals surface area (Å²) in [5, 5.41) is 0. The zero-order valence-corrected chi connectivity index (χ0v) is 15.7. The predicted octanol–water partition coefficient (Wildman–Crippen LogP) is 6.26. The van der Waals surface area contributed by atoms with Gasteiger partial charge in [-0.3, -0.25) is 0 Å². The molecule has 0 saturated carbocycles. The van der Waals surface area contributed by atoms with E-state index in [1.165, 1.54) is 56.2 Å². The molecule has 3 heteroatoms. The van der Waals surface area contributed by atoms with Gasteiger partial charge in [-0.2, -0.15) is 8.75 Å². The second-order valence-electron chi connectivity index (χ2n) is 6.69. The number of rotatable bonds is 2. The van der Waals surface area contributed by atoms with Crippen LogP contribution in [0.5, 0.6) is 0 Å². The molecule has 0 saturated heterocycles. The second kappa shape index (κ2) is 6.08. The lowest BCUT2D eigenvalue weighted by Gasteiger charge is -2.15. The van der Waals surface area contributed by atoms with Crippen LogP contribution in [0.15, 0.2) is 48.5 Å². The van der Waals surface area contributed by atoms with Gasteiger partial charge in [-0.1, -0.05) is 59.7 Å². The highest BCUT2D eigenvalue weighted by Crippen LogP contribution is 2.40. The van der Waals surface area contributed by atoms with E-state index in [0.717, 1.165) is 11.0 Å². The maximum Gasteiger partial charge on any atom is 0.113 e. The summed E-state index contributed by atoms with van der Waals surface area (Å²) >= 11 is 1.29. The van der Waals surface area contributed by atoms with Gasteiger partial charge in [0, 0.05) is 11.1 Å². The fourth-order valence-corrected chi connectivity index (χ4v) is 3.95. The smallest absolute Gasteiger partial charge is 0.113 e. The zero-order valence-electron chi connectivity index (χ0n) is 14.9. The van der Waals surface area contributed by atoms with Gasteiger partial charge in [0.15, 0.2) is 0 Å². The molecule has 0 unspecified atom stereocenters. The van der Waals surface area contributed by atoms with Crippen LogP contribution < -0.4 is 0 Å². The molecule has 0 spiro atoms. The molecule has 0 aliphatic carbocycles. The monoisotopic (exact) mass is 344 g/mol. The van der Waals surface area contributed by atoms with E-state index in [1.54, 1.807) is 0 Å². The fourth-order valence-electron chi connectivity index (χ4n) is 3.39. The molecule has 0 fully saturated rings. The Kier molecular flexibility index (Phi) is 3.89. The van der Waals surface area contributed by atoms with E-state index in [1.807, 2.05) is 0 Å². The third-order valence-electron chi connectivity index (χ3n) is 4.96. The number of benzene rings is 3. The Balaban J connectivity index is 2.04. The molecule has 0 N–H and O–H groups in total. The maximum absolute atomic E-state index is 4.65. The highest BCUT2D eigenvalue weighted by Gasteiger charge is 2.19. The zero-order chi connectivity index (χ0) is 17.6. The first kappa shape index (κ1) is 16.0. The number of aryl methyl sites for hydroxylation is 2. The van der Waals surface area contributed by atoms with Gasteiger partial charge in [-0.25, -0.2) is 0 Å². The van der Waals surface area contributed by atoms with Crippen LogP contribution in [0.4, 0.5) is 0 Å². The molecule has 1 aromatic heterocycles. The van der Waals surface area contributed by atoms with Gasteiger partial charge in [0.2, 0.25) is 0 Å². The average Bonchev–Trinajstić information content (AvgIpc) is 3.07. The Bertz CT molecular complexity index is 973. The number of hydrogen-bond donors (Lipinski definition) is 0. The van der Waals surface area contributed by atoms with Crippen molar-refractivity contribution >= 4 is 22.8 Å². The van der Waals surface area contributed by atoms with E-state index < -0.39 is 0 Å². The quantitative estimate of drug-likeness (QED) is 0.429. The van der Waals surface area contributed by atoms with Gasteiger partial charge in [0.25, 0.3) is 0 Å². The average molecular weight is 344 g/mol. The number of nitrogens with zero attached hydrogens (tertiary/aromatic N) is 2.